The Bertz CT molecular complexity index is 562. The highest BCUT2D eigenvalue weighted by Gasteiger charge is 2.17. The molecule has 5 heteroatoms. The third-order valence-electron chi connectivity index (χ3n) is 3.57. The van der Waals surface area contributed by atoms with Gasteiger partial charge in [0.05, 0.1) is 3.79 Å². The lowest BCUT2D eigenvalue weighted by molar-refractivity contribution is 0.252. The molecule has 3 rings (SSSR count). The van der Waals surface area contributed by atoms with Gasteiger partial charge in [-0.2, -0.15) is 0 Å². The number of hydrogen-bond donors (Lipinski definition) is 0. The van der Waals surface area contributed by atoms with Gasteiger partial charge in [0.15, 0.2) is 0 Å². The van der Waals surface area contributed by atoms with Gasteiger partial charge in [-0.25, -0.2) is 4.39 Å². The molecule has 1 fully saturated rings. The number of hydrogen-bond acceptors (Lipinski definition) is 3. The minimum atomic E-state index is -0.171. The molecule has 0 saturated carbocycles. The van der Waals surface area contributed by atoms with Crippen molar-refractivity contribution in [3.63, 3.8) is 0 Å². The zero-order chi connectivity index (χ0) is 13.9. The standard InChI is InChI=1S/C15H16BrFN2S/c16-15-6-5-14(20-15)11-18-7-9-19(10-8-18)13-3-1-12(17)2-4-13/h1-6H,7-11H2. The van der Waals surface area contributed by atoms with Gasteiger partial charge in [-0.05, 0) is 52.3 Å². The van der Waals surface area contributed by atoms with Crippen LogP contribution in [0.1, 0.15) is 4.88 Å². The molecule has 0 amide bonds. The van der Waals surface area contributed by atoms with Crippen molar-refractivity contribution in [2.75, 3.05) is 31.1 Å². The molecule has 0 unspecified atom stereocenters. The fourth-order valence-electron chi connectivity index (χ4n) is 2.47. The predicted octanol–water partition coefficient (Wildman–Crippen LogP) is 3.97. The highest BCUT2D eigenvalue weighted by molar-refractivity contribution is 9.11. The second-order valence-electron chi connectivity index (χ2n) is 4.95. The number of benzene rings is 1. The lowest BCUT2D eigenvalue weighted by atomic mass is 10.2. The number of nitrogens with zero attached hydrogens (tertiary/aromatic N) is 2. The molecule has 1 aromatic carbocycles. The van der Waals surface area contributed by atoms with E-state index in [1.165, 1.54) is 20.8 Å². The van der Waals surface area contributed by atoms with E-state index in [9.17, 15) is 4.39 Å². The van der Waals surface area contributed by atoms with Crippen molar-refractivity contribution >= 4 is 33.0 Å². The summed E-state index contributed by atoms with van der Waals surface area (Å²) in [5, 5.41) is 0. The van der Waals surface area contributed by atoms with Crippen LogP contribution in [-0.4, -0.2) is 31.1 Å². The van der Waals surface area contributed by atoms with Gasteiger partial charge in [-0.3, -0.25) is 4.90 Å². The maximum atomic E-state index is 12.9. The normalized spacial score (nSPS) is 16.6. The molecule has 2 aromatic rings. The van der Waals surface area contributed by atoms with Gasteiger partial charge >= 0.3 is 0 Å². The van der Waals surface area contributed by atoms with Crippen molar-refractivity contribution in [2.24, 2.45) is 0 Å². The topological polar surface area (TPSA) is 6.48 Å². The van der Waals surface area contributed by atoms with E-state index in [2.05, 4.69) is 37.9 Å². The molecule has 2 nitrogen and oxygen atoms in total. The van der Waals surface area contributed by atoms with Gasteiger partial charge < -0.3 is 4.90 Å². The summed E-state index contributed by atoms with van der Waals surface area (Å²) in [7, 11) is 0. The molecular weight excluding hydrogens is 339 g/mol. The van der Waals surface area contributed by atoms with Crippen LogP contribution in [0.5, 0.6) is 0 Å². The Hall–Kier alpha value is -0.910. The number of halogens is 2. The monoisotopic (exact) mass is 354 g/mol. The van der Waals surface area contributed by atoms with E-state index in [4.69, 9.17) is 0 Å². The van der Waals surface area contributed by atoms with Crippen LogP contribution in [0.2, 0.25) is 0 Å². The van der Waals surface area contributed by atoms with Crippen molar-refractivity contribution in [2.45, 2.75) is 6.54 Å². The molecule has 106 valence electrons. The first kappa shape index (κ1) is 14.0. The molecule has 0 aliphatic carbocycles. The molecule has 1 aliphatic heterocycles. The van der Waals surface area contributed by atoms with Crippen LogP contribution in [0.3, 0.4) is 0 Å². The van der Waals surface area contributed by atoms with Crippen molar-refractivity contribution < 1.29 is 4.39 Å². The molecule has 1 saturated heterocycles. The Morgan fingerprint density at radius 1 is 1.00 bits per heavy atom. The van der Waals surface area contributed by atoms with Gasteiger partial charge in [0.1, 0.15) is 5.82 Å². The zero-order valence-corrected chi connectivity index (χ0v) is 13.5. The van der Waals surface area contributed by atoms with Gasteiger partial charge in [-0.15, -0.1) is 11.3 Å². The molecule has 0 N–H and O–H groups in total. The first-order valence-electron chi connectivity index (χ1n) is 6.68. The highest BCUT2D eigenvalue weighted by atomic mass is 79.9. The summed E-state index contributed by atoms with van der Waals surface area (Å²) < 4.78 is 14.1. The minimum absolute atomic E-state index is 0.171. The molecule has 1 aliphatic rings. The largest absolute Gasteiger partial charge is 0.369 e. The molecule has 0 atom stereocenters. The zero-order valence-electron chi connectivity index (χ0n) is 11.1. The summed E-state index contributed by atoms with van der Waals surface area (Å²) in [6, 6.07) is 11.1. The average Bonchev–Trinajstić information content (AvgIpc) is 2.86. The van der Waals surface area contributed by atoms with E-state index < -0.39 is 0 Å². The smallest absolute Gasteiger partial charge is 0.123 e. The molecule has 0 radical (unpaired) electrons. The van der Waals surface area contributed by atoms with E-state index >= 15 is 0 Å². The second kappa shape index (κ2) is 6.24. The SMILES string of the molecule is Fc1ccc(N2CCN(Cc3ccc(Br)s3)CC2)cc1. The van der Waals surface area contributed by atoms with Gasteiger partial charge in [0.2, 0.25) is 0 Å². The average molecular weight is 355 g/mol. The van der Waals surface area contributed by atoms with E-state index in [0.29, 0.717) is 0 Å². The highest BCUT2D eigenvalue weighted by Crippen LogP contribution is 2.24. The summed E-state index contributed by atoms with van der Waals surface area (Å²) in [6.45, 7) is 5.11. The quantitative estimate of drug-likeness (QED) is 0.822. The molecule has 1 aromatic heterocycles. The Balaban J connectivity index is 1.55. The van der Waals surface area contributed by atoms with E-state index in [-0.39, 0.29) is 5.82 Å². The predicted molar refractivity (Wildman–Crippen MR) is 85.9 cm³/mol. The molecule has 0 spiro atoms. The van der Waals surface area contributed by atoms with Crippen LogP contribution in [0.15, 0.2) is 40.2 Å². The van der Waals surface area contributed by atoms with E-state index in [0.717, 1.165) is 38.4 Å². The second-order valence-corrected chi connectivity index (χ2v) is 7.49. The first-order valence-corrected chi connectivity index (χ1v) is 8.29. The van der Waals surface area contributed by atoms with Gasteiger partial charge in [0, 0.05) is 43.3 Å². The van der Waals surface area contributed by atoms with Crippen molar-refractivity contribution in [3.05, 3.63) is 50.9 Å². The Kier molecular flexibility index (Phi) is 4.38. The summed E-state index contributed by atoms with van der Waals surface area (Å²) in [5.41, 5.74) is 1.12. The Morgan fingerprint density at radius 3 is 2.30 bits per heavy atom. The molecule has 2 heterocycles. The number of piperazine rings is 1. The van der Waals surface area contributed by atoms with Gasteiger partial charge in [0.25, 0.3) is 0 Å². The molecular formula is C15H16BrFN2S. The van der Waals surface area contributed by atoms with Gasteiger partial charge in [-0.1, -0.05) is 0 Å². The van der Waals surface area contributed by atoms with Crippen LogP contribution in [0.4, 0.5) is 10.1 Å². The van der Waals surface area contributed by atoms with Crippen LogP contribution in [0.25, 0.3) is 0 Å². The fraction of sp³-hybridized carbons (Fsp3) is 0.333. The number of anilines is 1. The van der Waals surface area contributed by atoms with E-state index in [1.54, 1.807) is 11.3 Å². The van der Waals surface area contributed by atoms with Crippen molar-refractivity contribution in [3.8, 4) is 0 Å². The minimum Gasteiger partial charge on any atom is -0.369 e. The number of rotatable bonds is 3. The molecule has 20 heavy (non-hydrogen) atoms. The maximum absolute atomic E-state index is 12.9. The lowest BCUT2D eigenvalue weighted by Crippen LogP contribution is -2.45. The maximum Gasteiger partial charge on any atom is 0.123 e. The lowest BCUT2D eigenvalue weighted by Gasteiger charge is -2.35. The van der Waals surface area contributed by atoms with Crippen molar-refractivity contribution in [1.29, 1.82) is 0 Å². The summed E-state index contributed by atoms with van der Waals surface area (Å²) in [6.07, 6.45) is 0. The summed E-state index contributed by atoms with van der Waals surface area (Å²) in [5.74, 6) is -0.171. The first-order chi connectivity index (χ1) is 9.70. The van der Waals surface area contributed by atoms with Crippen LogP contribution >= 0.6 is 27.3 Å². The van der Waals surface area contributed by atoms with Crippen LogP contribution in [-0.2, 0) is 6.54 Å². The Morgan fingerprint density at radius 2 is 1.70 bits per heavy atom. The third-order valence-corrected chi connectivity index (χ3v) is 5.18. The Labute approximate surface area is 131 Å². The molecule has 0 bridgehead atoms. The van der Waals surface area contributed by atoms with E-state index in [1.807, 2.05) is 12.1 Å². The van der Waals surface area contributed by atoms with Crippen molar-refractivity contribution in [1.82, 2.24) is 4.90 Å². The summed E-state index contributed by atoms with van der Waals surface area (Å²) >= 11 is 5.30. The van der Waals surface area contributed by atoms with Crippen LogP contribution < -0.4 is 4.90 Å². The number of thiophene rings is 1. The fourth-order valence-corrected chi connectivity index (χ4v) is 4.00. The summed E-state index contributed by atoms with van der Waals surface area (Å²) in [4.78, 5) is 6.19. The third kappa shape index (κ3) is 3.40. The van der Waals surface area contributed by atoms with Crippen LogP contribution in [0, 0.1) is 5.82 Å².